The smallest absolute Gasteiger partial charge is 0.226 e. The summed E-state index contributed by atoms with van der Waals surface area (Å²) < 4.78 is 7.65. The number of carbonyl (C=O) groups excluding carboxylic acids is 1. The zero-order valence-corrected chi connectivity index (χ0v) is 14.5. The maximum absolute atomic E-state index is 12.7. The van der Waals surface area contributed by atoms with E-state index in [2.05, 4.69) is 35.3 Å². The van der Waals surface area contributed by atoms with Gasteiger partial charge in [0.2, 0.25) is 5.91 Å². The van der Waals surface area contributed by atoms with Crippen LogP contribution in [0, 0.1) is 5.92 Å². The second-order valence-corrected chi connectivity index (χ2v) is 6.97. The van der Waals surface area contributed by atoms with Crippen molar-refractivity contribution in [1.82, 2.24) is 19.4 Å². The predicted molar refractivity (Wildman–Crippen MR) is 87.8 cm³/mol. The predicted octanol–water partition coefficient (Wildman–Crippen LogP) is 1.49. The summed E-state index contributed by atoms with van der Waals surface area (Å²) in [5.74, 6) is 1.43. The second-order valence-electron chi connectivity index (χ2n) is 6.97. The molecular weight excluding hydrogens is 292 g/mol. The summed E-state index contributed by atoms with van der Waals surface area (Å²) in [5.41, 5.74) is 1.24. The molecule has 0 unspecified atom stereocenters. The van der Waals surface area contributed by atoms with Gasteiger partial charge >= 0.3 is 0 Å². The molecule has 1 aromatic heterocycles. The molecule has 23 heavy (non-hydrogen) atoms. The molecule has 3 heterocycles. The molecule has 0 N–H and O–H groups in total. The van der Waals surface area contributed by atoms with Crippen LogP contribution in [0.1, 0.15) is 38.2 Å². The maximum Gasteiger partial charge on any atom is 0.226 e. The van der Waals surface area contributed by atoms with Crippen LogP contribution >= 0.6 is 0 Å². The van der Waals surface area contributed by atoms with Gasteiger partial charge in [-0.3, -0.25) is 9.69 Å². The molecule has 2 aliphatic heterocycles. The highest BCUT2D eigenvalue weighted by atomic mass is 16.5. The number of nitrogens with zero attached hydrogens (tertiary/aromatic N) is 4. The fourth-order valence-corrected chi connectivity index (χ4v) is 3.28. The normalized spacial score (nSPS) is 19.4. The number of hydrogen-bond acceptors (Lipinski definition) is 4. The average molecular weight is 320 g/mol. The summed E-state index contributed by atoms with van der Waals surface area (Å²) in [4.78, 5) is 21.5. The third kappa shape index (κ3) is 3.58. The first-order valence-electron chi connectivity index (χ1n) is 8.66. The van der Waals surface area contributed by atoms with Crippen molar-refractivity contribution >= 4 is 5.91 Å². The van der Waals surface area contributed by atoms with Gasteiger partial charge in [-0.25, -0.2) is 4.98 Å². The molecule has 1 saturated heterocycles. The Kier molecular flexibility index (Phi) is 5.02. The van der Waals surface area contributed by atoms with Crippen LogP contribution in [-0.4, -0.2) is 58.1 Å². The highest BCUT2D eigenvalue weighted by Crippen LogP contribution is 2.22. The summed E-state index contributed by atoms with van der Waals surface area (Å²) in [6.45, 7) is 9.00. The number of carbonyl (C=O) groups is 1. The third-order valence-electron chi connectivity index (χ3n) is 5.12. The minimum absolute atomic E-state index is 0.136. The van der Waals surface area contributed by atoms with Crippen molar-refractivity contribution in [2.45, 2.75) is 52.4 Å². The van der Waals surface area contributed by atoms with Gasteiger partial charge in [-0.15, -0.1) is 0 Å². The Morgan fingerprint density at radius 2 is 2.13 bits per heavy atom. The van der Waals surface area contributed by atoms with Crippen molar-refractivity contribution in [3.8, 4) is 0 Å². The first kappa shape index (κ1) is 16.5. The topological polar surface area (TPSA) is 50.6 Å². The molecule has 0 radical (unpaired) electrons. The highest BCUT2D eigenvalue weighted by molar-refractivity contribution is 5.79. The number of imidazole rings is 1. The lowest BCUT2D eigenvalue weighted by molar-refractivity contribution is -0.140. The number of rotatable bonds is 4. The van der Waals surface area contributed by atoms with E-state index in [-0.39, 0.29) is 11.8 Å². The standard InChI is InChI=1S/C17H28N4O2/c1-13(2)19(3)11-15-10-18-16-12-20(6-7-21(15)16)17(22)14-4-8-23-9-5-14/h10,13-14H,4-9,11-12H2,1-3H3. The van der Waals surface area contributed by atoms with Crippen molar-refractivity contribution in [2.75, 3.05) is 26.8 Å². The molecule has 128 valence electrons. The van der Waals surface area contributed by atoms with Gasteiger partial charge in [0.15, 0.2) is 0 Å². The second kappa shape index (κ2) is 7.01. The van der Waals surface area contributed by atoms with Gasteiger partial charge in [0.1, 0.15) is 5.82 Å². The van der Waals surface area contributed by atoms with E-state index in [4.69, 9.17) is 4.74 Å². The van der Waals surface area contributed by atoms with Crippen molar-refractivity contribution < 1.29 is 9.53 Å². The molecule has 1 amide bonds. The Balaban J connectivity index is 1.65. The molecule has 0 spiro atoms. The molecule has 3 rings (SSSR count). The van der Waals surface area contributed by atoms with Gasteiger partial charge < -0.3 is 14.2 Å². The molecule has 0 aliphatic carbocycles. The largest absolute Gasteiger partial charge is 0.381 e. The van der Waals surface area contributed by atoms with Gasteiger partial charge in [-0.2, -0.15) is 0 Å². The minimum atomic E-state index is 0.136. The van der Waals surface area contributed by atoms with E-state index in [1.807, 2.05) is 11.1 Å². The summed E-state index contributed by atoms with van der Waals surface area (Å²) in [5, 5.41) is 0. The van der Waals surface area contributed by atoms with Crippen molar-refractivity contribution in [1.29, 1.82) is 0 Å². The number of hydrogen-bond donors (Lipinski definition) is 0. The Hall–Kier alpha value is -1.40. The molecule has 0 aromatic carbocycles. The number of amides is 1. The van der Waals surface area contributed by atoms with E-state index < -0.39 is 0 Å². The zero-order valence-electron chi connectivity index (χ0n) is 14.5. The van der Waals surface area contributed by atoms with Crippen LogP contribution in [0.25, 0.3) is 0 Å². The zero-order chi connectivity index (χ0) is 16.4. The molecule has 2 aliphatic rings. The summed E-state index contributed by atoms with van der Waals surface area (Å²) in [6.07, 6.45) is 3.68. The summed E-state index contributed by atoms with van der Waals surface area (Å²) >= 11 is 0. The SMILES string of the molecule is CC(C)N(C)Cc1cnc2n1CCN(C(=O)C1CCOCC1)C2. The fourth-order valence-electron chi connectivity index (χ4n) is 3.28. The molecule has 6 heteroatoms. The Labute approximate surface area is 138 Å². The number of aromatic nitrogens is 2. The lowest BCUT2D eigenvalue weighted by Crippen LogP contribution is -2.43. The minimum Gasteiger partial charge on any atom is -0.381 e. The van der Waals surface area contributed by atoms with Crippen molar-refractivity contribution in [2.24, 2.45) is 5.92 Å². The van der Waals surface area contributed by atoms with Crippen LogP contribution < -0.4 is 0 Å². The van der Waals surface area contributed by atoms with E-state index in [0.29, 0.717) is 25.8 Å². The van der Waals surface area contributed by atoms with Crippen LogP contribution in [-0.2, 0) is 29.2 Å². The van der Waals surface area contributed by atoms with Crippen LogP contribution in [0.5, 0.6) is 0 Å². The van der Waals surface area contributed by atoms with Crippen LogP contribution in [0.2, 0.25) is 0 Å². The first-order chi connectivity index (χ1) is 11.1. The van der Waals surface area contributed by atoms with Gasteiger partial charge in [0.25, 0.3) is 0 Å². The lowest BCUT2D eigenvalue weighted by Gasteiger charge is -2.33. The van der Waals surface area contributed by atoms with Crippen LogP contribution in [0.3, 0.4) is 0 Å². The van der Waals surface area contributed by atoms with E-state index in [0.717, 1.165) is 38.3 Å². The van der Waals surface area contributed by atoms with E-state index in [1.165, 1.54) is 5.69 Å². The highest BCUT2D eigenvalue weighted by Gasteiger charge is 2.30. The average Bonchev–Trinajstić information content (AvgIpc) is 2.97. The van der Waals surface area contributed by atoms with Crippen LogP contribution in [0.4, 0.5) is 0 Å². The molecule has 6 nitrogen and oxygen atoms in total. The quantitative estimate of drug-likeness (QED) is 0.843. The Morgan fingerprint density at radius 1 is 1.39 bits per heavy atom. The van der Waals surface area contributed by atoms with Gasteiger partial charge in [0.05, 0.1) is 12.2 Å². The molecule has 0 bridgehead atoms. The Morgan fingerprint density at radius 3 is 2.83 bits per heavy atom. The summed E-state index contributed by atoms with van der Waals surface area (Å²) in [6, 6.07) is 0.510. The molecule has 0 atom stereocenters. The first-order valence-corrected chi connectivity index (χ1v) is 8.66. The van der Waals surface area contributed by atoms with Gasteiger partial charge in [-0.1, -0.05) is 0 Å². The molecular formula is C17H28N4O2. The lowest BCUT2D eigenvalue weighted by atomic mass is 9.98. The van der Waals surface area contributed by atoms with E-state index >= 15 is 0 Å². The van der Waals surface area contributed by atoms with E-state index in [1.54, 1.807) is 0 Å². The van der Waals surface area contributed by atoms with Crippen molar-refractivity contribution in [3.63, 3.8) is 0 Å². The fraction of sp³-hybridized carbons (Fsp3) is 0.765. The van der Waals surface area contributed by atoms with Crippen LogP contribution in [0.15, 0.2) is 6.20 Å². The van der Waals surface area contributed by atoms with Crippen molar-refractivity contribution in [3.05, 3.63) is 17.7 Å². The molecule has 1 fully saturated rings. The summed E-state index contributed by atoms with van der Waals surface area (Å²) in [7, 11) is 2.13. The van der Waals surface area contributed by atoms with Gasteiger partial charge in [0, 0.05) is 51.0 Å². The Bertz CT molecular complexity index is 549. The number of ether oxygens (including phenoxy) is 1. The monoisotopic (exact) mass is 320 g/mol. The maximum atomic E-state index is 12.7. The molecule has 0 saturated carbocycles. The van der Waals surface area contributed by atoms with E-state index in [9.17, 15) is 4.79 Å². The molecule has 1 aromatic rings. The van der Waals surface area contributed by atoms with Gasteiger partial charge in [-0.05, 0) is 33.7 Å². The number of fused-ring (bicyclic) bond motifs is 1. The third-order valence-corrected chi connectivity index (χ3v) is 5.12.